The Labute approximate surface area is 111 Å². The van der Waals surface area contributed by atoms with Crippen molar-refractivity contribution in [2.45, 2.75) is 12.6 Å². The van der Waals surface area contributed by atoms with E-state index in [-0.39, 0.29) is 6.04 Å². The van der Waals surface area contributed by atoms with Crippen molar-refractivity contribution in [2.24, 2.45) is 5.73 Å². The molecule has 0 saturated carbocycles. The van der Waals surface area contributed by atoms with Gasteiger partial charge in [-0.2, -0.15) is 0 Å². The Morgan fingerprint density at radius 2 is 2.24 bits per heavy atom. The lowest BCUT2D eigenvalue weighted by atomic mass is 10.1. The molecule has 94 valence electrons. The van der Waals surface area contributed by atoms with Gasteiger partial charge in [-0.05, 0) is 11.6 Å². The monoisotopic (exact) mass is 274 g/mol. The van der Waals surface area contributed by atoms with E-state index in [9.17, 15) is 0 Å². The van der Waals surface area contributed by atoms with Crippen molar-refractivity contribution in [3.8, 4) is 0 Å². The number of nitrogens with zero attached hydrogens (tertiary/aromatic N) is 1. The van der Waals surface area contributed by atoms with Crippen molar-refractivity contribution >= 4 is 23.2 Å². The zero-order valence-corrected chi connectivity index (χ0v) is 11.0. The van der Waals surface area contributed by atoms with Crippen molar-refractivity contribution in [1.29, 1.82) is 0 Å². The lowest BCUT2D eigenvalue weighted by Gasteiger charge is -2.35. The van der Waals surface area contributed by atoms with Crippen LogP contribution >= 0.6 is 23.2 Å². The van der Waals surface area contributed by atoms with E-state index in [2.05, 4.69) is 4.90 Å². The molecule has 1 atom stereocenters. The molecular formula is C12H16Cl2N2O. The van der Waals surface area contributed by atoms with Gasteiger partial charge in [-0.15, -0.1) is 0 Å². The molecule has 1 unspecified atom stereocenters. The quantitative estimate of drug-likeness (QED) is 0.918. The third-order valence-electron chi connectivity index (χ3n) is 3.03. The van der Waals surface area contributed by atoms with E-state index in [0.717, 1.165) is 25.3 Å². The molecule has 1 aromatic rings. The van der Waals surface area contributed by atoms with Crippen molar-refractivity contribution in [2.75, 3.05) is 26.3 Å². The Bertz CT molecular complexity index is 387. The number of halogens is 2. The summed E-state index contributed by atoms with van der Waals surface area (Å²) in [6.45, 7) is 3.68. The van der Waals surface area contributed by atoms with Crippen molar-refractivity contribution < 1.29 is 4.74 Å². The second-order valence-electron chi connectivity index (χ2n) is 4.15. The number of hydrogen-bond donors (Lipinski definition) is 1. The zero-order valence-electron chi connectivity index (χ0n) is 9.53. The van der Waals surface area contributed by atoms with Crippen LogP contribution in [0, 0.1) is 0 Å². The fourth-order valence-corrected chi connectivity index (χ4v) is 2.38. The third-order valence-corrected chi connectivity index (χ3v) is 3.88. The molecule has 0 aliphatic carbocycles. The lowest BCUT2D eigenvalue weighted by Crippen LogP contribution is -2.48. The van der Waals surface area contributed by atoms with Crippen LogP contribution in [0.25, 0.3) is 0 Å². The molecule has 2 N–H and O–H groups in total. The Morgan fingerprint density at radius 3 is 3.00 bits per heavy atom. The molecule has 1 heterocycles. The first-order valence-corrected chi connectivity index (χ1v) is 6.42. The minimum absolute atomic E-state index is 0.263. The maximum Gasteiger partial charge on any atom is 0.0637 e. The molecule has 0 radical (unpaired) electrons. The molecule has 0 spiro atoms. The van der Waals surface area contributed by atoms with E-state index < -0.39 is 0 Å². The van der Waals surface area contributed by atoms with Crippen molar-refractivity contribution in [1.82, 2.24) is 4.90 Å². The van der Waals surface area contributed by atoms with Crippen LogP contribution in [-0.4, -0.2) is 37.2 Å². The largest absolute Gasteiger partial charge is 0.378 e. The maximum absolute atomic E-state index is 6.18. The van der Waals surface area contributed by atoms with E-state index in [1.807, 2.05) is 12.1 Å². The minimum Gasteiger partial charge on any atom is -0.378 e. The van der Waals surface area contributed by atoms with Gasteiger partial charge >= 0.3 is 0 Å². The molecule has 1 fully saturated rings. The van der Waals surface area contributed by atoms with Crippen molar-refractivity contribution in [3.63, 3.8) is 0 Å². The van der Waals surface area contributed by atoms with Crippen LogP contribution in [0.1, 0.15) is 5.56 Å². The average Bonchev–Trinajstić information content (AvgIpc) is 2.35. The predicted octanol–water partition coefficient (Wildman–Crippen LogP) is 2.15. The SMILES string of the molecule is NCC1COCCN1Cc1cccc(Cl)c1Cl. The van der Waals surface area contributed by atoms with Gasteiger partial charge in [-0.25, -0.2) is 0 Å². The van der Waals surface area contributed by atoms with E-state index in [0.29, 0.717) is 23.2 Å². The highest BCUT2D eigenvalue weighted by atomic mass is 35.5. The molecular weight excluding hydrogens is 259 g/mol. The van der Waals surface area contributed by atoms with E-state index in [1.165, 1.54) is 0 Å². The Balaban J connectivity index is 2.11. The van der Waals surface area contributed by atoms with E-state index in [4.69, 9.17) is 33.7 Å². The Hall–Kier alpha value is -0.320. The van der Waals surface area contributed by atoms with Crippen LogP contribution in [0.15, 0.2) is 18.2 Å². The van der Waals surface area contributed by atoms with Gasteiger partial charge < -0.3 is 10.5 Å². The maximum atomic E-state index is 6.18. The van der Waals surface area contributed by atoms with Gasteiger partial charge in [-0.3, -0.25) is 4.90 Å². The number of rotatable bonds is 3. The van der Waals surface area contributed by atoms with E-state index >= 15 is 0 Å². The van der Waals surface area contributed by atoms with Crippen LogP contribution < -0.4 is 5.73 Å². The lowest BCUT2D eigenvalue weighted by molar-refractivity contribution is -0.00791. The first-order valence-electron chi connectivity index (χ1n) is 5.67. The summed E-state index contributed by atoms with van der Waals surface area (Å²) in [6, 6.07) is 5.98. The Kier molecular flexibility index (Phi) is 4.65. The molecule has 0 amide bonds. The summed E-state index contributed by atoms with van der Waals surface area (Å²) in [7, 11) is 0. The van der Waals surface area contributed by atoms with Crippen molar-refractivity contribution in [3.05, 3.63) is 33.8 Å². The number of ether oxygens (including phenoxy) is 1. The topological polar surface area (TPSA) is 38.5 Å². The fourth-order valence-electron chi connectivity index (χ4n) is 2.00. The standard InChI is InChI=1S/C12H16Cl2N2O/c13-11-3-1-2-9(12(11)14)7-16-4-5-17-8-10(16)6-15/h1-3,10H,4-8,15H2. The highest BCUT2D eigenvalue weighted by Gasteiger charge is 2.22. The molecule has 3 nitrogen and oxygen atoms in total. The van der Waals surface area contributed by atoms with Gasteiger partial charge in [-0.1, -0.05) is 35.3 Å². The van der Waals surface area contributed by atoms with Crippen LogP contribution in [0.2, 0.25) is 10.0 Å². The summed E-state index contributed by atoms with van der Waals surface area (Å²) >= 11 is 12.2. The van der Waals surface area contributed by atoms with Gasteiger partial charge in [0.2, 0.25) is 0 Å². The van der Waals surface area contributed by atoms with Crippen LogP contribution in [0.3, 0.4) is 0 Å². The number of benzene rings is 1. The first kappa shape index (κ1) is 13.1. The molecule has 0 aromatic heterocycles. The summed E-state index contributed by atoms with van der Waals surface area (Å²) in [5.74, 6) is 0. The van der Waals surface area contributed by atoms with Gasteiger partial charge in [0.05, 0.1) is 23.3 Å². The molecule has 1 aliphatic rings. The molecule has 0 bridgehead atoms. The summed E-state index contributed by atoms with van der Waals surface area (Å²) < 4.78 is 5.41. The minimum atomic E-state index is 0.263. The van der Waals surface area contributed by atoms with Gasteiger partial charge in [0.1, 0.15) is 0 Å². The van der Waals surface area contributed by atoms with Gasteiger partial charge in [0, 0.05) is 25.7 Å². The fraction of sp³-hybridized carbons (Fsp3) is 0.500. The zero-order chi connectivity index (χ0) is 12.3. The molecule has 1 saturated heterocycles. The van der Waals surface area contributed by atoms with E-state index in [1.54, 1.807) is 6.07 Å². The molecule has 1 aromatic carbocycles. The first-order chi connectivity index (χ1) is 8.22. The molecule has 1 aliphatic heterocycles. The molecule has 5 heteroatoms. The summed E-state index contributed by atoms with van der Waals surface area (Å²) in [5.41, 5.74) is 6.78. The Morgan fingerprint density at radius 1 is 1.41 bits per heavy atom. The molecule has 2 rings (SSSR count). The van der Waals surface area contributed by atoms with Gasteiger partial charge in [0.15, 0.2) is 0 Å². The number of morpholine rings is 1. The summed E-state index contributed by atoms with van der Waals surface area (Å²) in [6.07, 6.45) is 0. The van der Waals surface area contributed by atoms with Crippen LogP contribution in [0.4, 0.5) is 0 Å². The highest BCUT2D eigenvalue weighted by Crippen LogP contribution is 2.27. The molecule has 17 heavy (non-hydrogen) atoms. The van der Waals surface area contributed by atoms with Crippen LogP contribution in [0.5, 0.6) is 0 Å². The third kappa shape index (κ3) is 3.12. The number of hydrogen-bond acceptors (Lipinski definition) is 3. The predicted molar refractivity (Wildman–Crippen MR) is 70.5 cm³/mol. The van der Waals surface area contributed by atoms with Gasteiger partial charge in [0.25, 0.3) is 0 Å². The normalized spacial score (nSPS) is 21.7. The summed E-state index contributed by atoms with van der Waals surface area (Å²) in [5, 5.41) is 1.23. The second kappa shape index (κ2) is 6.03. The summed E-state index contributed by atoms with van der Waals surface area (Å²) in [4.78, 5) is 2.29. The average molecular weight is 275 g/mol. The smallest absolute Gasteiger partial charge is 0.0637 e. The highest BCUT2D eigenvalue weighted by molar-refractivity contribution is 6.42. The second-order valence-corrected chi connectivity index (χ2v) is 4.93. The van der Waals surface area contributed by atoms with Crippen LogP contribution in [-0.2, 0) is 11.3 Å². The number of nitrogens with two attached hydrogens (primary N) is 1.